The lowest BCUT2D eigenvalue weighted by Crippen LogP contribution is -2.27. The highest BCUT2D eigenvalue weighted by atomic mass is 19.1. The lowest BCUT2D eigenvalue weighted by atomic mass is 9.87. The molecule has 0 spiro atoms. The maximum atomic E-state index is 13.2. The minimum Gasteiger partial charge on any atom is -0.371 e. The first kappa shape index (κ1) is 24.5. The number of anilines is 2. The summed E-state index contributed by atoms with van der Waals surface area (Å²) in [6, 6.07) is 19.1. The second-order valence-electron chi connectivity index (χ2n) is 10.0. The quantitative estimate of drug-likeness (QED) is 0.468. The molecular weight excluding hydrogens is 441 g/mol. The van der Waals surface area contributed by atoms with E-state index in [-0.39, 0.29) is 29.6 Å². The Bertz CT molecular complexity index is 1190. The van der Waals surface area contributed by atoms with E-state index in [9.17, 15) is 14.0 Å². The highest BCUT2D eigenvalue weighted by Gasteiger charge is 2.21. The summed E-state index contributed by atoms with van der Waals surface area (Å²) in [7, 11) is 0. The van der Waals surface area contributed by atoms with Crippen molar-refractivity contribution in [2.24, 2.45) is 0 Å². The zero-order chi connectivity index (χ0) is 25.0. The van der Waals surface area contributed by atoms with E-state index in [1.807, 2.05) is 36.4 Å². The number of benzene rings is 3. The van der Waals surface area contributed by atoms with Gasteiger partial charge in [0.25, 0.3) is 11.8 Å². The number of rotatable bonds is 6. The van der Waals surface area contributed by atoms with Gasteiger partial charge in [0.2, 0.25) is 0 Å². The molecule has 3 aromatic rings. The predicted octanol–water partition coefficient (Wildman–Crippen LogP) is 5.91. The third-order valence-corrected chi connectivity index (χ3v) is 6.33. The van der Waals surface area contributed by atoms with E-state index >= 15 is 0 Å². The van der Waals surface area contributed by atoms with Crippen molar-refractivity contribution in [3.8, 4) is 0 Å². The number of amides is 2. The van der Waals surface area contributed by atoms with E-state index in [4.69, 9.17) is 0 Å². The number of nitrogens with zero attached hydrogens (tertiary/aromatic N) is 1. The maximum Gasteiger partial charge on any atom is 0.255 e. The van der Waals surface area contributed by atoms with Crippen LogP contribution in [-0.4, -0.2) is 24.9 Å². The van der Waals surface area contributed by atoms with Crippen LogP contribution in [-0.2, 0) is 12.0 Å². The molecule has 5 nitrogen and oxygen atoms in total. The van der Waals surface area contributed by atoms with E-state index < -0.39 is 0 Å². The van der Waals surface area contributed by atoms with Crippen LogP contribution < -0.4 is 15.5 Å². The van der Waals surface area contributed by atoms with Crippen molar-refractivity contribution >= 4 is 23.2 Å². The van der Waals surface area contributed by atoms with Gasteiger partial charge in [0.15, 0.2) is 0 Å². The van der Waals surface area contributed by atoms with Crippen molar-refractivity contribution in [3.05, 3.63) is 94.8 Å². The van der Waals surface area contributed by atoms with Crippen LogP contribution in [0.15, 0.2) is 66.7 Å². The lowest BCUT2D eigenvalue weighted by Gasteiger charge is -2.22. The van der Waals surface area contributed by atoms with Crippen LogP contribution in [0, 0.1) is 5.82 Å². The van der Waals surface area contributed by atoms with Crippen molar-refractivity contribution < 1.29 is 14.0 Å². The summed E-state index contributed by atoms with van der Waals surface area (Å²) in [4.78, 5) is 28.3. The average Bonchev–Trinajstić information content (AvgIpc) is 3.38. The molecule has 0 radical (unpaired) electrons. The first-order valence-corrected chi connectivity index (χ1v) is 12.0. The molecule has 182 valence electrons. The zero-order valence-electron chi connectivity index (χ0n) is 20.5. The van der Waals surface area contributed by atoms with E-state index in [0.717, 1.165) is 42.7 Å². The molecule has 35 heavy (non-hydrogen) atoms. The molecule has 1 aliphatic heterocycles. The van der Waals surface area contributed by atoms with Gasteiger partial charge in [-0.3, -0.25) is 9.59 Å². The van der Waals surface area contributed by atoms with Gasteiger partial charge in [-0.15, -0.1) is 0 Å². The Labute approximate surface area is 206 Å². The van der Waals surface area contributed by atoms with Crippen molar-refractivity contribution in [2.75, 3.05) is 23.3 Å². The molecule has 2 amide bonds. The number of nitrogens with one attached hydrogen (secondary N) is 2. The topological polar surface area (TPSA) is 61.4 Å². The molecule has 1 fully saturated rings. The Balaban J connectivity index is 1.53. The number of hydrogen-bond donors (Lipinski definition) is 2. The fraction of sp³-hybridized carbons (Fsp3) is 0.310. The van der Waals surface area contributed by atoms with Crippen LogP contribution in [0.1, 0.15) is 65.5 Å². The number of hydrogen-bond acceptors (Lipinski definition) is 3. The van der Waals surface area contributed by atoms with Gasteiger partial charge in [-0.05, 0) is 71.8 Å². The highest BCUT2D eigenvalue weighted by Crippen LogP contribution is 2.28. The summed E-state index contributed by atoms with van der Waals surface area (Å²) in [5.74, 6) is -0.771. The minimum atomic E-state index is -0.312. The average molecular weight is 474 g/mol. The molecular formula is C29H32FN3O2. The van der Waals surface area contributed by atoms with E-state index in [2.05, 4.69) is 36.3 Å². The molecule has 0 unspecified atom stereocenters. The molecule has 2 N–H and O–H groups in total. The molecule has 1 aliphatic rings. The molecule has 0 aromatic heterocycles. The van der Waals surface area contributed by atoms with Gasteiger partial charge in [-0.2, -0.15) is 0 Å². The molecule has 4 rings (SSSR count). The van der Waals surface area contributed by atoms with Crippen LogP contribution >= 0.6 is 0 Å². The molecule has 1 heterocycles. The summed E-state index contributed by atoms with van der Waals surface area (Å²) in [5.41, 5.74) is 4.46. The van der Waals surface area contributed by atoms with Gasteiger partial charge >= 0.3 is 0 Å². The summed E-state index contributed by atoms with van der Waals surface area (Å²) in [6.07, 6.45) is 2.17. The summed E-state index contributed by atoms with van der Waals surface area (Å²) >= 11 is 0. The smallest absolute Gasteiger partial charge is 0.255 e. The van der Waals surface area contributed by atoms with Crippen LogP contribution in [0.25, 0.3) is 0 Å². The Kier molecular flexibility index (Phi) is 7.20. The molecule has 1 saturated heterocycles. The van der Waals surface area contributed by atoms with Crippen molar-refractivity contribution in [1.29, 1.82) is 0 Å². The van der Waals surface area contributed by atoms with Gasteiger partial charge in [-0.1, -0.05) is 45.0 Å². The van der Waals surface area contributed by atoms with Crippen molar-refractivity contribution in [2.45, 2.75) is 45.6 Å². The summed E-state index contributed by atoms with van der Waals surface area (Å²) in [6.45, 7) is 8.47. The van der Waals surface area contributed by atoms with Gasteiger partial charge in [0.1, 0.15) is 5.82 Å². The van der Waals surface area contributed by atoms with Crippen LogP contribution in [0.2, 0.25) is 0 Å². The number of carbonyl (C=O) groups excluding carboxylic acids is 2. The SMILES string of the molecule is CC(C)(C)c1ccc(C(=O)Nc2ccc(N3CCCC3)c(C(=O)NCc3ccc(F)cc3)c2)cc1. The Hall–Kier alpha value is -3.67. The summed E-state index contributed by atoms with van der Waals surface area (Å²) in [5, 5.41) is 5.86. The summed E-state index contributed by atoms with van der Waals surface area (Å²) < 4.78 is 13.2. The molecule has 3 aromatic carbocycles. The molecule has 6 heteroatoms. The van der Waals surface area contributed by atoms with E-state index in [1.54, 1.807) is 18.2 Å². The molecule has 0 bridgehead atoms. The second-order valence-corrected chi connectivity index (χ2v) is 10.0. The largest absolute Gasteiger partial charge is 0.371 e. The monoisotopic (exact) mass is 473 g/mol. The fourth-order valence-electron chi connectivity index (χ4n) is 4.23. The van der Waals surface area contributed by atoms with Gasteiger partial charge in [0, 0.05) is 36.6 Å². The number of halogens is 1. The van der Waals surface area contributed by atoms with Gasteiger partial charge < -0.3 is 15.5 Å². The maximum absolute atomic E-state index is 13.2. The molecule has 0 atom stereocenters. The Morgan fingerprint density at radius 2 is 1.54 bits per heavy atom. The lowest BCUT2D eigenvalue weighted by molar-refractivity contribution is 0.0950. The Morgan fingerprint density at radius 1 is 0.886 bits per heavy atom. The fourth-order valence-corrected chi connectivity index (χ4v) is 4.23. The minimum absolute atomic E-state index is 0.0105. The third kappa shape index (κ3) is 6.07. The van der Waals surface area contributed by atoms with Crippen molar-refractivity contribution in [1.82, 2.24) is 5.32 Å². The standard InChI is InChI=1S/C29H32FN3O2/c1-29(2,3)22-10-8-21(9-11-22)27(34)32-24-14-15-26(33-16-4-5-17-33)25(18-24)28(35)31-19-20-6-12-23(30)13-7-20/h6-15,18H,4-5,16-17,19H2,1-3H3,(H,31,35)(H,32,34). The first-order valence-electron chi connectivity index (χ1n) is 12.0. The third-order valence-electron chi connectivity index (χ3n) is 6.33. The zero-order valence-corrected chi connectivity index (χ0v) is 20.5. The highest BCUT2D eigenvalue weighted by molar-refractivity contribution is 6.06. The van der Waals surface area contributed by atoms with Gasteiger partial charge in [-0.25, -0.2) is 4.39 Å². The molecule has 0 aliphatic carbocycles. The van der Waals surface area contributed by atoms with Crippen LogP contribution in [0.3, 0.4) is 0 Å². The molecule has 0 saturated carbocycles. The second kappa shape index (κ2) is 10.3. The van der Waals surface area contributed by atoms with Gasteiger partial charge in [0.05, 0.1) is 5.56 Å². The normalized spacial score (nSPS) is 13.5. The van der Waals surface area contributed by atoms with E-state index in [0.29, 0.717) is 16.8 Å². The van der Waals surface area contributed by atoms with Crippen molar-refractivity contribution in [3.63, 3.8) is 0 Å². The van der Waals surface area contributed by atoms with Crippen LogP contribution in [0.5, 0.6) is 0 Å². The number of carbonyl (C=O) groups is 2. The predicted molar refractivity (Wildman–Crippen MR) is 139 cm³/mol. The first-order chi connectivity index (χ1) is 16.7. The Morgan fingerprint density at radius 3 is 2.17 bits per heavy atom. The van der Waals surface area contributed by atoms with Crippen LogP contribution in [0.4, 0.5) is 15.8 Å². The van der Waals surface area contributed by atoms with E-state index in [1.165, 1.54) is 12.1 Å².